The zero-order valence-electron chi connectivity index (χ0n) is 13.3. The number of benzene rings is 2. The number of esters is 1. The first-order valence-electron chi connectivity index (χ1n) is 7.56. The number of halogens is 2. The lowest BCUT2D eigenvalue weighted by Gasteiger charge is -2.07. The minimum Gasteiger partial charge on any atom is -0.457 e. The maximum absolute atomic E-state index is 12.5. The predicted molar refractivity (Wildman–Crippen MR) is 99.9 cm³/mol. The van der Waals surface area contributed by atoms with Crippen LogP contribution in [-0.2, 0) is 0 Å². The highest BCUT2D eigenvalue weighted by Crippen LogP contribution is 2.25. The largest absolute Gasteiger partial charge is 0.457 e. The van der Waals surface area contributed by atoms with E-state index < -0.39 is 5.97 Å². The molecule has 6 heteroatoms. The van der Waals surface area contributed by atoms with Gasteiger partial charge in [0, 0.05) is 10.0 Å². The smallest absolute Gasteiger partial charge is 0.379 e. The summed E-state index contributed by atoms with van der Waals surface area (Å²) in [7, 11) is 0. The van der Waals surface area contributed by atoms with E-state index in [0.29, 0.717) is 10.0 Å². The highest BCUT2D eigenvalue weighted by molar-refractivity contribution is 6.31. The fraction of sp³-hybridized carbons (Fsp3) is 0. The van der Waals surface area contributed by atoms with Crippen molar-refractivity contribution < 1.29 is 18.7 Å². The van der Waals surface area contributed by atoms with Gasteiger partial charge in [0.15, 0.2) is 5.78 Å². The maximum Gasteiger partial charge on any atom is 0.379 e. The van der Waals surface area contributed by atoms with Gasteiger partial charge in [-0.1, -0.05) is 41.4 Å². The van der Waals surface area contributed by atoms with Gasteiger partial charge in [0.05, 0.1) is 11.8 Å². The van der Waals surface area contributed by atoms with E-state index in [1.807, 2.05) is 0 Å². The zero-order valence-corrected chi connectivity index (χ0v) is 14.8. The minimum atomic E-state index is -0.701. The summed E-state index contributed by atoms with van der Waals surface area (Å²) >= 11 is 11.8. The molecule has 0 aliphatic heterocycles. The molecule has 4 nitrogen and oxygen atoms in total. The molecular formula is C20H12Cl2O4. The van der Waals surface area contributed by atoms with E-state index in [2.05, 4.69) is 0 Å². The monoisotopic (exact) mass is 386 g/mol. The lowest BCUT2D eigenvalue weighted by Crippen LogP contribution is -2.10. The fourth-order valence-corrected chi connectivity index (χ4v) is 2.46. The molecule has 26 heavy (non-hydrogen) atoms. The third kappa shape index (κ3) is 4.42. The molecular weight excluding hydrogens is 375 g/mol. The first-order valence-corrected chi connectivity index (χ1v) is 8.32. The molecule has 0 amide bonds. The van der Waals surface area contributed by atoms with Crippen molar-refractivity contribution in [3.05, 3.63) is 93.9 Å². The molecule has 0 aliphatic rings. The second-order valence-corrected chi connectivity index (χ2v) is 6.13. The molecule has 1 aromatic heterocycles. The van der Waals surface area contributed by atoms with Crippen LogP contribution < -0.4 is 4.74 Å². The molecule has 130 valence electrons. The summed E-state index contributed by atoms with van der Waals surface area (Å²) in [5.41, 5.74) is 0.974. The van der Waals surface area contributed by atoms with Gasteiger partial charge in [-0.05, 0) is 54.1 Å². The first kappa shape index (κ1) is 18.0. The maximum atomic E-state index is 12.5. The van der Waals surface area contributed by atoms with Gasteiger partial charge in [-0.2, -0.15) is 0 Å². The van der Waals surface area contributed by atoms with Crippen molar-refractivity contribution in [2.24, 2.45) is 0 Å². The van der Waals surface area contributed by atoms with Gasteiger partial charge in [-0.15, -0.1) is 0 Å². The minimum absolute atomic E-state index is 0.0371. The number of allylic oxidation sites excluding steroid dienone is 1. The molecule has 0 spiro atoms. The van der Waals surface area contributed by atoms with Crippen LogP contribution in [0.4, 0.5) is 0 Å². The van der Waals surface area contributed by atoms with Crippen LogP contribution in [-0.4, -0.2) is 11.8 Å². The van der Waals surface area contributed by atoms with Crippen molar-refractivity contribution in [2.45, 2.75) is 0 Å². The Kier molecular flexibility index (Phi) is 5.56. The van der Waals surface area contributed by atoms with Gasteiger partial charge in [-0.3, -0.25) is 4.79 Å². The number of furan rings is 1. The number of carbonyl (C=O) groups excluding carboxylic acids is 2. The lowest BCUT2D eigenvalue weighted by molar-refractivity contribution is 0.0700. The summed E-state index contributed by atoms with van der Waals surface area (Å²) in [6.07, 6.45) is 4.37. The molecule has 3 aromatic rings. The Morgan fingerprint density at radius 3 is 2.38 bits per heavy atom. The molecule has 0 N–H and O–H groups in total. The summed E-state index contributed by atoms with van der Waals surface area (Å²) < 4.78 is 10.3. The Labute approximate surface area is 159 Å². The van der Waals surface area contributed by atoms with Crippen LogP contribution in [0.1, 0.15) is 26.5 Å². The predicted octanol–water partition coefficient (Wildman–Crippen LogP) is 5.70. The Morgan fingerprint density at radius 2 is 1.69 bits per heavy atom. The van der Waals surface area contributed by atoms with Gasteiger partial charge in [0.2, 0.25) is 5.76 Å². The molecule has 0 bridgehead atoms. The topological polar surface area (TPSA) is 56.5 Å². The molecule has 1 heterocycles. The summed E-state index contributed by atoms with van der Waals surface area (Å²) in [6, 6.07) is 14.5. The Balaban J connectivity index is 1.83. The molecule has 0 radical (unpaired) electrons. The molecule has 0 saturated heterocycles. The van der Waals surface area contributed by atoms with Crippen LogP contribution in [0.5, 0.6) is 5.75 Å². The van der Waals surface area contributed by atoms with Crippen LogP contribution in [0, 0.1) is 0 Å². The SMILES string of the molecule is O=C(Oc1ccc(Cl)cc1C(=O)/C=C/c1ccc(Cl)cc1)c1ccco1. The van der Waals surface area contributed by atoms with Crippen molar-refractivity contribution in [1.82, 2.24) is 0 Å². The van der Waals surface area contributed by atoms with Gasteiger partial charge < -0.3 is 9.15 Å². The third-order valence-electron chi connectivity index (χ3n) is 3.43. The third-order valence-corrected chi connectivity index (χ3v) is 3.92. The van der Waals surface area contributed by atoms with E-state index in [9.17, 15) is 9.59 Å². The van der Waals surface area contributed by atoms with Crippen molar-refractivity contribution in [1.29, 1.82) is 0 Å². The van der Waals surface area contributed by atoms with Gasteiger partial charge >= 0.3 is 5.97 Å². The summed E-state index contributed by atoms with van der Waals surface area (Å²) in [6.45, 7) is 0. The van der Waals surface area contributed by atoms with E-state index in [0.717, 1.165) is 5.56 Å². The van der Waals surface area contributed by atoms with Crippen LogP contribution in [0.25, 0.3) is 6.08 Å². The molecule has 0 unspecified atom stereocenters. The quantitative estimate of drug-likeness (QED) is 0.244. The second kappa shape index (κ2) is 8.04. The Bertz CT molecular complexity index is 958. The van der Waals surface area contributed by atoms with E-state index in [1.165, 1.54) is 36.6 Å². The summed E-state index contributed by atoms with van der Waals surface area (Å²) in [5, 5.41) is 0.960. The standard InChI is InChI=1S/C20H12Cl2O4/c21-14-6-3-13(4-7-14)5-9-17(23)16-12-15(22)8-10-18(16)26-20(24)19-2-1-11-25-19/h1-12H/b9-5+. The normalized spacial score (nSPS) is 10.8. The molecule has 2 aromatic carbocycles. The van der Waals surface area contributed by atoms with Crippen molar-refractivity contribution >= 4 is 41.0 Å². The van der Waals surface area contributed by atoms with Gasteiger partial charge in [-0.25, -0.2) is 4.79 Å². The van der Waals surface area contributed by atoms with Gasteiger partial charge in [0.25, 0.3) is 0 Å². The Morgan fingerprint density at radius 1 is 0.962 bits per heavy atom. The molecule has 3 rings (SSSR count). The molecule has 0 saturated carbocycles. The van der Waals surface area contributed by atoms with Crippen molar-refractivity contribution in [3.8, 4) is 5.75 Å². The first-order chi connectivity index (χ1) is 12.5. The van der Waals surface area contributed by atoms with Crippen LogP contribution >= 0.6 is 23.2 Å². The average Bonchev–Trinajstić information content (AvgIpc) is 3.17. The van der Waals surface area contributed by atoms with E-state index in [-0.39, 0.29) is 22.9 Å². The fourth-order valence-electron chi connectivity index (χ4n) is 2.16. The highest BCUT2D eigenvalue weighted by atomic mass is 35.5. The molecule has 0 aliphatic carbocycles. The van der Waals surface area contributed by atoms with Crippen molar-refractivity contribution in [2.75, 3.05) is 0 Å². The summed E-state index contributed by atoms with van der Waals surface area (Å²) in [4.78, 5) is 24.6. The number of ether oxygens (including phenoxy) is 1. The van der Waals surface area contributed by atoms with Crippen LogP contribution in [0.15, 0.2) is 71.4 Å². The molecule has 0 atom stereocenters. The number of hydrogen-bond donors (Lipinski definition) is 0. The van der Waals surface area contributed by atoms with Crippen molar-refractivity contribution in [3.63, 3.8) is 0 Å². The number of rotatable bonds is 5. The van der Waals surface area contributed by atoms with E-state index >= 15 is 0 Å². The number of ketones is 1. The van der Waals surface area contributed by atoms with Crippen LogP contribution in [0.3, 0.4) is 0 Å². The molecule has 0 fully saturated rings. The van der Waals surface area contributed by atoms with Crippen LogP contribution in [0.2, 0.25) is 10.0 Å². The second-order valence-electron chi connectivity index (χ2n) is 5.26. The highest BCUT2D eigenvalue weighted by Gasteiger charge is 2.17. The zero-order chi connectivity index (χ0) is 18.5. The number of carbonyl (C=O) groups is 2. The number of hydrogen-bond acceptors (Lipinski definition) is 4. The lowest BCUT2D eigenvalue weighted by atomic mass is 10.1. The summed E-state index contributed by atoms with van der Waals surface area (Å²) in [5.74, 6) is -0.922. The van der Waals surface area contributed by atoms with Gasteiger partial charge in [0.1, 0.15) is 5.75 Å². The Hall–Kier alpha value is -2.82. The van der Waals surface area contributed by atoms with E-state index in [4.69, 9.17) is 32.4 Å². The average molecular weight is 387 g/mol. The van der Waals surface area contributed by atoms with E-state index in [1.54, 1.807) is 36.4 Å².